The number of aryl methyl sites for hydroxylation is 1. The molecule has 1 unspecified atom stereocenters. The standard InChI is InChI=1S/C26H27Cl2NO4S/c1-18(32-16-4-3-7-19-12-14-21(31-2)15-13-19)26(30)33-24-11-5-8-20(29-24)17-34-25-22(27)9-6-10-23(25)28/h5-6,8-15,18H,3-4,7,16-17H2,1-2H3. The van der Waals surface area contributed by atoms with Crippen LogP contribution in [0.15, 0.2) is 65.6 Å². The van der Waals surface area contributed by atoms with E-state index in [2.05, 4.69) is 17.1 Å². The smallest absolute Gasteiger partial charge is 0.341 e. The highest BCUT2D eigenvalue weighted by molar-refractivity contribution is 7.98. The molecule has 0 aliphatic rings. The van der Waals surface area contributed by atoms with Crippen molar-refractivity contribution in [2.75, 3.05) is 13.7 Å². The molecule has 0 aliphatic heterocycles. The zero-order chi connectivity index (χ0) is 24.3. The van der Waals surface area contributed by atoms with Gasteiger partial charge in [-0.2, -0.15) is 0 Å². The van der Waals surface area contributed by atoms with Gasteiger partial charge < -0.3 is 14.2 Å². The fourth-order valence-corrected chi connectivity index (χ4v) is 4.69. The topological polar surface area (TPSA) is 57.7 Å². The molecule has 3 rings (SSSR count). The van der Waals surface area contributed by atoms with Gasteiger partial charge in [-0.05, 0) is 62.1 Å². The number of rotatable bonds is 12. The molecule has 2 aromatic carbocycles. The van der Waals surface area contributed by atoms with Crippen molar-refractivity contribution in [2.45, 2.75) is 42.9 Å². The third-order valence-electron chi connectivity index (χ3n) is 4.99. The fraction of sp³-hybridized carbons (Fsp3) is 0.308. The number of unbranched alkanes of at least 4 members (excludes halogenated alkanes) is 1. The van der Waals surface area contributed by atoms with Crippen molar-refractivity contribution in [3.63, 3.8) is 0 Å². The van der Waals surface area contributed by atoms with E-state index in [1.54, 1.807) is 44.4 Å². The molecule has 180 valence electrons. The molecule has 0 aliphatic carbocycles. The Bertz CT molecular complexity index is 1060. The first-order valence-electron chi connectivity index (χ1n) is 10.9. The number of ether oxygens (including phenoxy) is 3. The van der Waals surface area contributed by atoms with Crippen LogP contribution in [0, 0.1) is 0 Å². The van der Waals surface area contributed by atoms with Gasteiger partial charge in [0.05, 0.1) is 22.8 Å². The lowest BCUT2D eigenvalue weighted by molar-refractivity contribution is -0.146. The van der Waals surface area contributed by atoms with E-state index in [1.807, 2.05) is 18.2 Å². The minimum atomic E-state index is -0.678. The Morgan fingerprint density at radius 3 is 2.41 bits per heavy atom. The Balaban J connectivity index is 1.40. The molecule has 34 heavy (non-hydrogen) atoms. The molecule has 3 aromatic rings. The van der Waals surface area contributed by atoms with Crippen LogP contribution in [0.3, 0.4) is 0 Å². The predicted molar refractivity (Wildman–Crippen MR) is 137 cm³/mol. The maximum atomic E-state index is 12.4. The van der Waals surface area contributed by atoms with Gasteiger partial charge in [0.1, 0.15) is 5.75 Å². The number of hydrogen-bond acceptors (Lipinski definition) is 6. The number of halogens is 2. The predicted octanol–water partition coefficient (Wildman–Crippen LogP) is 7.02. The van der Waals surface area contributed by atoms with E-state index in [4.69, 9.17) is 37.4 Å². The molecule has 8 heteroatoms. The molecule has 0 N–H and O–H groups in total. The Labute approximate surface area is 214 Å². The molecule has 1 aromatic heterocycles. The molecule has 0 bridgehead atoms. The summed E-state index contributed by atoms with van der Waals surface area (Å²) in [7, 11) is 1.66. The van der Waals surface area contributed by atoms with Crippen molar-refractivity contribution >= 4 is 40.9 Å². The molecule has 0 spiro atoms. The third-order valence-corrected chi connectivity index (χ3v) is 7.01. The highest BCUT2D eigenvalue weighted by Crippen LogP contribution is 2.35. The maximum Gasteiger partial charge on any atom is 0.341 e. The van der Waals surface area contributed by atoms with E-state index in [0.717, 1.165) is 35.6 Å². The van der Waals surface area contributed by atoms with Crippen LogP contribution >= 0.6 is 35.0 Å². The number of aromatic nitrogens is 1. The first kappa shape index (κ1) is 26.4. The average Bonchev–Trinajstić information content (AvgIpc) is 2.84. The van der Waals surface area contributed by atoms with Crippen LogP contribution in [-0.2, 0) is 21.7 Å². The molecule has 0 saturated carbocycles. The maximum absolute atomic E-state index is 12.4. The van der Waals surface area contributed by atoms with E-state index >= 15 is 0 Å². The van der Waals surface area contributed by atoms with Crippen LogP contribution in [0.4, 0.5) is 0 Å². The van der Waals surface area contributed by atoms with E-state index in [0.29, 0.717) is 22.4 Å². The van der Waals surface area contributed by atoms with Crippen LogP contribution < -0.4 is 9.47 Å². The second-order valence-electron chi connectivity index (χ2n) is 7.55. The number of nitrogens with zero attached hydrogens (tertiary/aromatic N) is 1. The Morgan fingerprint density at radius 2 is 1.71 bits per heavy atom. The fourth-order valence-electron chi connectivity index (χ4n) is 3.10. The van der Waals surface area contributed by atoms with Crippen LogP contribution in [0.25, 0.3) is 0 Å². The second-order valence-corrected chi connectivity index (χ2v) is 9.35. The normalized spacial score (nSPS) is 11.8. The number of carbonyl (C=O) groups excluding carboxylic acids is 1. The second kappa shape index (κ2) is 13.6. The summed E-state index contributed by atoms with van der Waals surface area (Å²) in [6.07, 6.45) is 2.08. The molecule has 0 saturated heterocycles. The minimum absolute atomic E-state index is 0.239. The first-order chi connectivity index (χ1) is 16.5. The van der Waals surface area contributed by atoms with Gasteiger partial charge in [0, 0.05) is 23.3 Å². The van der Waals surface area contributed by atoms with Crippen molar-refractivity contribution in [3.05, 3.63) is 82.0 Å². The van der Waals surface area contributed by atoms with Crippen molar-refractivity contribution in [1.82, 2.24) is 4.98 Å². The molecule has 0 amide bonds. The van der Waals surface area contributed by atoms with Crippen molar-refractivity contribution in [3.8, 4) is 11.6 Å². The monoisotopic (exact) mass is 519 g/mol. The van der Waals surface area contributed by atoms with Gasteiger partial charge in [-0.3, -0.25) is 0 Å². The van der Waals surface area contributed by atoms with Crippen LogP contribution in [0.2, 0.25) is 10.0 Å². The van der Waals surface area contributed by atoms with Crippen molar-refractivity contribution in [2.24, 2.45) is 0 Å². The van der Waals surface area contributed by atoms with Crippen molar-refractivity contribution in [1.29, 1.82) is 0 Å². The van der Waals surface area contributed by atoms with Gasteiger partial charge in [0.2, 0.25) is 5.88 Å². The lowest BCUT2D eigenvalue weighted by Crippen LogP contribution is -2.26. The van der Waals surface area contributed by atoms with E-state index in [-0.39, 0.29) is 5.88 Å². The quantitative estimate of drug-likeness (QED) is 0.145. The molecule has 0 radical (unpaired) electrons. The lowest BCUT2D eigenvalue weighted by Gasteiger charge is -2.12. The number of carbonyl (C=O) groups is 1. The Morgan fingerprint density at radius 1 is 1.00 bits per heavy atom. The summed E-state index contributed by atoms with van der Waals surface area (Å²) in [5.41, 5.74) is 1.99. The lowest BCUT2D eigenvalue weighted by atomic mass is 10.1. The number of hydrogen-bond donors (Lipinski definition) is 0. The van der Waals surface area contributed by atoms with Crippen LogP contribution in [0.1, 0.15) is 31.0 Å². The molecule has 0 fully saturated rings. The van der Waals surface area contributed by atoms with Gasteiger partial charge in [0.15, 0.2) is 6.10 Å². The summed E-state index contributed by atoms with van der Waals surface area (Å²) >= 11 is 13.9. The van der Waals surface area contributed by atoms with Gasteiger partial charge in [-0.1, -0.05) is 47.5 Å². The summed E-state index contributed by atoms with van der Waals surface area (Å²) in [5.74, 6) is 1.16. The highest BCUT2D eigenvalue weighted by Gasteiger charge is 2.17. The minimum Gasteiger partial charge on any atom is -0.497 e. The third kappa shape index (κ3) is 8.20. The van der Waals surface area contributed by atoms with E-state index < -0.39 is 12.1 Å². The van der Waals surface area contributed by atoms with Gasteiger partial charge in [0.25, 0.3) is 0 Å². The summed E-state index contributed by atoms with van der Waals surface area (Å²) in [5, 5.41) is 1.19. The van der Waals surface area contributed by atoms with Gasteiger partial charge in [-0.15, -0.1) is 11.8 Å². The molecule has 1 atom stereocenters. The first-order valence-corrected chi connectivity index (χ1v) is 12.7. The zero-order valence-electron chi connectivity index (χ0n) is 19.1. The van der Waals surface area contributed by atoms with Crippen LogP contribution in [-0.4, -0.2) is 30.8 Å². The Hall–Kier alpha value is -2.25. The highest BCUT2D eigenvalue weighted by atomic mass is 35.5. The van der Waals surface area contributed by atoms with E-state index in [1.165, 1.54) is 17.3 Å². The summed E-state index contributed by atoms with van der Waals surface area (Å²) in [6.45, 7) is 2.17. The van der Waals surface area contributed by atoms with E-state index in [9.17, 15) is 4.79 Å². The number of methoxy groups -OCH3 is 1. The van der Waals surface area contributed by atoms with Gasteiger partial charge in [-0.25, -0.2) is 9.78 Å². The number of esters is 1. The van der Waals surface area contributed by atoms with Crippen LogP contribution in [0.5, 0.6) is 11.6 Å². The average molecular weight is 520 g/mol. The van der Waals surface area contributed by atoms with Crippen molar-refractivity contribution < 1.29 is 19.0 Å². The number of pyridine rings is 1. The SMILES string of the molecule is COc1ccc(CCCCOC(C)C(=O)Oc2cccc(CSc3c(Cl)cccc3Cl)n2)cc1. The molecule has 1 heterocycles. The Kier molecular flexibility index (Phi) is 10.5. The number of thioether (sulfide) groups is 1. The summed E-state index contributed by atoms with van der Waals surface area (Å²) in [6, 6.07) is 18.7. The zero-order valence-corrected chi connectivity index (χ0v) is 21.5. The largest absolute Gasteiger partial charge is 0.497 e. The molecular formula is C26H27Cl2NO4S. The summed E-state index contributed by atoms with van der Waals surface area (Å²) in [4.78, 5) is 17.6. The molecular weight excluding hydrogens is 493 g/mol. The summed E-state index contributed by atoms with van der Waals surface area (Å²) < 4.78 is 16.2. The molecule has 5 nitrogen and oxygen atoms in total. The van der Waals surface area contributed by atoms with Gasteiger partial charge >= 0.3 is 5.97 Å². The number of benzene rings is 2.